The van der Waals surface area contributed by atoms with Crippen molar-refractivity contribution in [1.29, 1.82) is 5.26 Å². The van der Waals surface area contributed by atoms with Gasteiger partial charge in [0.15, 0.2) is 0 Å². The van der Waals surface area contributed by atoms with Gasteiger partial charge >= 0.3 is 0 Å². The molecule has 1 N–H and O–H groups in total. The predicted octanol–water partition coefficient (Wildman–Crippen LogP) is 2.84. The van der Waals surface area contributed by atoms with Crippen LogP contribution < -0.4 is 0 Å². The van der Waals surface area contributed by atoms with E-state index >= 15 is 0 Å². The highest BCUT2D eigenvalue weighted by Gasteiger charge is 2.26. The van der Waals surface area contributed by atoms with Crippen molar-refractivity contribution >= 4 is 17.2 Å². The van der Waals surface area contributed by atoms with Crippen LogP contribution in [-0.2, 0) is 6.42 Å². The van der Waals surface area contributed by atoms with Gasteiger partial charge in [-0.2, -0.15) is 5.26 Å². The maximum atomic E-state index is 12.4. The number of H-pyrrole nitrogens is 1. The molecular formula is C16H18N4OS. The molecule has 22 heavy (non-hydrogen) atoms. The lowest BCUT2D eigenvalue weighted by Gasteiger charge is -2.26. The van der Waals surface area contributed by atoms with E-state index in [1.54, 1.807) is 28.5 Å². The number of aromatic nitrogens is 2. The molecule has 5 nitrogen and oxygen atoms in total. The van der Waals surface area contributed by atoms with Crippen molar-refractivity contribution in [2.75, 3.05) is 13.6 Å². The molecule has 1 aliphatic rings. The minimum absolute atomic E-state index is 0.0585. The molecule has 0 spiro atoms. The summed E-state index contributed by atoms with van der Waals surface area (Å²) >= 11 is 1.78. The molecule has 3 rings (SSSR count). The molecule has 0 saturated carbocycles. The van der Waals surface area contributed by atoms with Crippen LogP contribution in [0.1, 0.15) is 50.4 Å². The number of amides is 1. The average molecular weight is 314 g/mol. The van der Waals surface area contributed by atoms with Crippen LogP contribution in [0, 0.1) is 18.3 Å². The van der Waals surface area contributed by atoms with Crippen LogP contribution in [-0.4, -0.2) is 34.4 Å². The van der Waals surface area contributed by atoms with E-state index < -0.39 is 0 Å². The Morgan fingerprint density at radius 1 is 1.64 bits per heavy atom. The monoisotopic (exact) mass is 314 g/mol. The van der Waals surface area contributed by atoms with Crippen LogP contribution in [0.3, 0.4) is 0 Å². The molecule has 1 amide bonds. The lowest BCUT2D eigenvalue weighted by Crippen LogP contribution is -2.32. The highest BCUT2D eigenvalue weighted by atomic mass is 32.1. The summed E-state index contributed by atoms with van der Waals surface area (Å²) < 4.78 is 0. The molecule has 1 atom stereocenters. The maximum absolute atomic E-state index is 12.4. The first-order valence-corrected chi connectivity index (χ1v) is 8.20. The smallest absolute Gasteiger partial charge is 0.255 e. The number of nitrogens with zero attached hydrogens (tertiary/aromatic N) is 3. The standard InChI is InChI=1S/C16H18N4OS/c1-10-19-15-11(4-3-5-14(15)22-10)9-20(2)16(21)12-6-13(7-17)18-8-12/h6,8,11,18H,3-5,9H2,1-2H3/t11-/m0/s1. The zero-order valence-corrected chi connectivity index (χ0v) is 13.5. The van der Waals surface area contributed by atoms with Gasteiger partial charge in [-0.1, -0.05) is 0 Å². The molecule has 0 saturated heterocycles. The van der Waals surface area contributed by atoms with Crippen LogP contribution in [0.4, 0.5) is 0 Å². The lowest BCUT2D eigenvalue weighted by atomic mass is 9.90. The number of likely N-dealkylation sites (N-methyl/N-ethyl adjacent to an activating group) is 1. The number of carbonyl (C=O) groups is 1. The fraction of sp³-hybridized carbons (Fsp3) is 0.438. The topological polar surface area (TPSA) is 72.8 Å². The van der Waals surface area contributed by atoms with Gasteiger partial charge in [-0.05, 0) is 32.3 Å². The van der Waals surface area contributed by atoms with Crippen LogP contribution in [0.2, 0.25) is 0 Å². The summed E-state index contributed by atoms with van der Waals surface area (Å²) in [6.07, 6.45) is 4.93. The minimum atomic E-state index is -0.0585. The van der Waals surface area contributed by atoms with Crippen molar-refractivity contribution in [1.82, 2.24) is 14.9 Å². The highest BCUT2D eigenvalue weighted by molar-refractivity contribution is 7.11. The van der Waals surface area contributed by atoms with E-state index in [0.717, 1.165) is 24.3 Å². The summed E-state index contributed by atoms with van der Waals surface area (Å²) in [5.41, 5.74) is 2.12. The molecule has 0 aromatic carbocycles. The molecule has 1 aliphatic carbocycles. The first-order chi connectivity index (χ1) is 10.6. The molecule has 2 aromatic heterocycles. The van der Waals surface area contributed by atoms with Gasteiger partial charge in [0, 0.05) is 30.6 Å². The second kappa shape index (κ2) is 5.93. The van der Waals surface area contributed by atoms with E-state index in [1.807, 2.05) is 20.0 Å². The second-order valence-corrected chi connectivity index (χ2v) is 7.02. The third-order valence-corrected chi connectivity index (χ3v) is 5.12. The molecule has 2 heterocycles. The fourth-order valence-electron chi connectivity index (χ4n) is 3.02. The predicted molar refractivity (Wildman–Crippen MR) is 85.0 cm³/mol. The van der Waals surface area contributed by atoms with Gasteiger partial charge in [0.1, 0.15) is 11.8 Å². The van der Waals surface area contributed by atoms with Crippen molar-refractivity contribution in [3.8, 4) is 6.07 Å². The third-order valence-electron chi connectivity index (χ3n) is 4.07. The molecule has 0 bridgehead atoms. The first kappa shape index (κ1) is 14.8. The quantitative estimate of drug-likeness (QED) is 0.946. The summed E-state index contributed by atoms with van der Waals surface area (Å²) in [6.45, 7) is 2.71. The number of nitrogens with one attached hydrogen (secondary N) is 1. The Morgan fingerprint density at radius 3 is 3.18 bits per heavy atom. The largest absolute Gasteiger partial charge is 0.352 e. The summed E-state index contributed by atoms with van der Waals surface area (Å²) in [7, 11) is 1.81. The Hall–Kier alpha value is -2.13. The van der Waals surface area contributed by atoms with E-state index in [4.69, 9.17) is 5.26 Å². The number of aromatic amines is 1. The van der Waals surface area contributed by atoms with Gasteiger partial charge in [0.05, 0.1) is 16.3 Å². The molecule has 0 aliphatic heterocycles. The van der Waals surface area contributed by atoms with E-state index in [-0.39, 0.29) is 5.91 Å². The second-order valence-electron chi connectivity index (χ2n) is 5.73. The molecule has 0 radical (unpaired) electrons. The number of nitriles is 1. The molecule has 6 heteroatoms. The number of fused-ring (bicyclic) bond motifs is 1. The highest BCUT2D eigenvalue weighted by Crippen LogP contribution is 2.35. The first-order valence-electron chi connectivity index (χ1n) is 7.38. The summed E-state index contributed by atoms with van der Waals surface area (Å²) in [4.78, 5) is 23.0. The van der Waals surface area contributed by atoms with Gasteiger partial charge in [0.2, 0.25) is 0 Å². The van der Waals surface area contributed by atoms with E-state index in [2.05, 4.69) is 9.97 Å². The molecule has 114 valence electrons. The maximum Gasteiger partial charge on any atom is 0.255 e. The molecule has 0 fully saturated rings. The Morgan fingerprint density at radius 2 is 2.45 bits per heavy atom. The normalized spacial score (nSPS) is 16.9. The SMILES string of the molecule is Cc1nc2c(s1)CCC[C@H]2CN(C)C(=O)c1c[nH]c(C#N)c1. The van der Waals surface area contributed by atoms with Gasteiger partial charge in [-0.3, -0.25) is 4.79 Å². The van der Waals surface area contributed by atoms with Gasteiger partial charge in [-0.15, -0.1) is 11.3 Å². The van der Waals surface area contributed by atoms with Gasteiger partial charge in [-0.25, -0.2) is 4.98 Å². The Bertz CT molecular complexity index is 740. The fourth-order valence-corrected chi connectivity index (χ4v) is 4.09. The van der Waals surface area contributed by atoms with Crippen LogP contribution in [0.25, 0.3) is 0 Å². The Balaban J connectivity index is 1.73. The van der Waals surface area contributed by atoms with Crippen molar-refractivity contribution < 1.29 is 4.79 Å². The van der Waals surface area contributed by atoms with Crippen molar-refractivity contribution in [3.05, 3.63) is 39.1 Å². The van der Waals surface area contributed by atoms with Crippen LogP contribution in [0.15, 0.2) is 12.3 Å². The number of thiazole rings is 1. The molecule has 0 unspecified atom stereocenters. The van der Waals surface area contributed by atoms with Crippen molar-refractivity contribution in [2.24, 2.45) is 0 Å². The van der Waals surface area contributed by atoms with Crippen molar-refractivity contribution in [2.45, 2.75) is 32.1 Å². The minimum Gasteiger partial charge on any atom is -0.352 e. The Labute approximate surface area is 133 Å². The summed E-state index contributed by atoms with van der Waals surface area (Å²) in [5.74, 6) is 0.258. The van der Waals surface area contributed by atoms with Gasteiger partial charge in [0.25, 0.3) is 5.91 Å². The number of rotatable bonds is 3. The van der Waals surface area contributed by atoms with Crippen LogP contribution >= 0.6 is 11.3 Å². The number of carbonyl (C=O) groups excluding carboxylic acids is 1. The zero-order valence-electron chi connectivity index (χ0n) is 12.7. The average Bonchev–Trinajstić information content (AvgIpc) is 3.12. The number of hydrogen-bond donors (Lipinski definition) is 1. The third kappa shape index (κ3) is 2.77. The van der Waals surface area contributed by atoms with Gasteiger partial charge < -0.3 is 9.88 Å². The van der Waals surface area contributed by atoms with E-state index in [1.165, 1.54) is 10.6 Å². The zero-order chi connectivity index (χ0) is 15.7. The van der Waals surface area contributed by atoms with Crippen LogP contribution in [0.5, 0.6) is 0 Å². The summed E-state index contributed by atoms with van der Waals surface area (Å²) in [6, 6.07) is 3.60. The lowest BCUT2D eigenvalue weighted by molar-refractivity contribution is 0.0783. The number of aryl methyl sites for hydroxylation is 2. The summed E-state index contributed by atoms with van der Waals surface area (Å²) in [5, 5.41) is 9.94. The van der Waals surface area contributed by atoms with E-state index in [0.29, 0.717) is 23.7 Å². The van der Waals surface area contributed by atoms with Crippen molar-refractivity contribution in [3.63, 3.8) is 0 Å². The molecule has 2 aromatic rings. The Kier molecular flexibility index (Phi) is 3.99. The van der Waals surface area contributed by atoms with E-state index in [9.17, 15) is 4.79 Å². The molecular weight excluding hydrogens is 296 g/mol. The number of hydrogen-bond acceptors (Lipinski definition) is 4.